The Morgan fingerprint density at radius 1 is 1.00 bits per heavy atom. The molecule has 0 aromatic carbocycles. The van der Waals surface area contributed by atoms with Crippen LogP contribution in [0.2, 0.25) is 0 Å². The van der Waals surface area contributed by atoms with Crippen LogP contribution in [0, 0.1) is 35.6 Å². The average molecular weight is 331 g/mol. The maximum absolute atomic E-state index is 8.52. The predicted octanol–water partition coefficient (Wildman–Crippen LogP) is -1.28. The molecule has 0 aliphatic carbocycles. The minimum absolute atomic E-state index is 0. The molecule has 0 aromatic rings. The van der Waals surface area contributed by atoms with Gasteiger partial charge in [-0.05, 0) is 0 Å². The van der Waals surface area contributed by atoms with Crippen molar-refractivity contribution < 1.29 is 60.8 Å². The second-order valence-electron chi connectivity index (χ2n) is 0.189. The van der Waals surface area contributed by atoms with Crippen LogP contribution in [0.5, 0.6) is 0 Å². The summed E-state index contributed by atoms with van der Waals surface area (Å²) in [4.78, 5) is 0. The van der Waals surface area contributed by atoms with Gasteiger partial charge in [-0.3, -0.25) is 0 Å². The summed E-state index contributed by atoms with van der Waals surface area (Å²) in [7, 11) is 0. The van der Waals surface area contributed by atoms with E-state index in [0.29, 0.717) is 0 Å². The molecule has 6 heteroatoms. The maximum atomic E-state index is 8.52. The number of hydrogen-bond donors (Lipinski definition) is 0. The van der Waals surface area contributed by atoms with E-state index in [4.69, 9.17) is 11.5 Å². The SMILES string of the molecule is [La].[O]=[Mn](=[O])=[O].[SrH2]. The van der Waals surface area contributed by atoms with Crippen molar-refractivity contribution >= 4 is 45.5 Å². The van der Waals surface area contributed by atoms with Crippen molar-refractivity contribution in [3.63, 3.8) is 0 Å². The molecule has 0 spiro atoms. The Kier molecular flexibility index (Phi) is 27.9. The Bertz CT molecular complexity index is 80.2. The van der Waals surface area contributed by atoms with Gasteiger partial charge in [0.1, 0.15) is 0 Å². The molecule has 0 fully saturated rings. The Hall–Kier alpha value is 2.59. The first-order valence-electron chi connectivity index (χ1n) is 0.463. The summed E-state index contributed by atoms with van der Waals surface area (Å²) in [6.45, 7) is 0. The van der Waals surface area contributed by atoms with Crippen molar-refractivity contribution in [2.45, 2.75) is 0 Å². The van der Waals surface area contributed by atoms with Crippen molar-refractivity contribution in [2.75, 3.05) is 0 Å². The van der Waals surface area contributed by atoms with Crippen LogP contribution in [0.3, 0.4) is 0 Å². The summed E-state index contributed by atoms with van der Waals surface area (Å²) in [5, 5.41) is 0. The minimum atomic E-state index is -3.65. The van der Waals surface area contributed by atoms with Crippen molar-refractivity contribution in [1.29, 1.82) is 0 Å². The van der Waals surface area contributed by atoms with Gasteiger partial charge in [-0.15, -0.1) is 0 Å². The van der Waals surface area contributed by atoms with E-state index in [-0.39, 0.29) is 81.1 Å². The third-order valence-electron chi connectivity index (χ3n) is 0. The second kappa shape index (κ2) is 10.6. The Balaban J connectivity index is -0.0000000450. The zero-order chi connectivity index (χ0) is 3.58. The van der Waals surface area contributed by atoms with E-state index in [1.165, 1.54) is 0 Å². The van der Waals surface area contributed by atoms with Gasteiger partial charge in [-0.2, -0.15) is 0 Å². The average Bonchev–Trinajstić information content (AvgIpc) is 0.811. The van der Waals surface area contributed by atoms with E-state index in [2.05, 4.69) is 0 Å². The van der Waals surface area contributed by atoms with Crippen LogP contribution in [-0.2, 0) is 25.2 Å². The molecule has 0 atom stereocenters. The molecule has 0 amide bonds. The molecule has 0 aromatic heterocycles. The molecule has 0 bridgehead atoms. The van der Waals surface area contributed by atoms with Crippen LogP contribution in [-0.4, -0.2) is 45.5 Å². The molecule has 0 heterocycles. The molecule has 0 saturated carbocycles. The van der Waals surface area contributed by atoms with Gasteiger partial charge < -0.3 is 0 Å². The van der Waals surface area contributed by atoms with E-state index >= 15 is 0 Å². The first kappa shape index (κ1) is 15.8. The van der Waals surface area contributed by atoms with Crippen LogP contribution in [0.25, 0.3) is 0 Å². The van der Waals surface area contributed by atoms with Gasteiger partial charge in [-0.1, -0.05) is 0 Å². The van der Waals surface area contributed by atoms with Gasteiger partial charge in [0.25, 0.3) is 0 Å². The fourth-order valence-electron chi connectivity index (χ4n) is 0. The zero-order valence-electron chi connectivity index (χ0n) is 2.18. The topological polar surface area (TPSA) is 51.2 Å². The molecule has 32 valence electrons. The summed E-state index contributed by atoms with van der Waals surface area (Å²) >= 11 is -3.65. The van der Waals surface area contributed by atoms with E-state index in [9.17, 15) is 0 Å². The first-order chi connectivity index (χ1) is 1.73. The van der Waals surface area contributed by atoms with Crippen molar-refractivity contribution in [2.24, 2.45) is 0 Å². The summed E-state index contributed by atoms with van der Waals surface area (Å²) in [6, 6.07) is 0. The summed E-state index contributed by atoms with van der Waals surface area (Å²) in [5.74, 6) is 0. The Morgan fingerprint density at radius 3 is 1.00 bits per heavy atom. The van der Waals surface area contributed by atoms with Gasteiger partial charge in [0.05, 0.1) is 0 Å². The summed E-state index contributed by atoms with van der Waals surface area (Å²) in [5.41, 5.74) is 0. The quantitative estimate of drug-likeness (QED) is 0.520. The summed E-state index contributed by atoms with van der Waals surface area (Å²) in [6.07, 6.45) is 0. The molecule has 0 aliphatic rings. The van der Waals surface area contributed by atoms with Crippen LogP contribution in [0.1, 0.15) is 0 Å². The van der Waals surface area contributed by atoms with Gasteiger partial charge in [-0.25, -0.2) is 0 Å². The fraction of sp³-hybridized carbons (Fsp3) is 0. The van der Waals surface area contributed by atoms with Gasteiger partial charge in [0.2, 0.25) is 0 Å². The Morgan fingerprint density at radius 2 is 1.00 bits per heavy atom. The van der Waals surface area contributed by atoms with Gasteiger partial charge in [0, 0.05) is 35.6 Å². The molecule has 0 unspecified atom stereocenters. The molecule has 0 aliphatic heterocycles. The standard InChI is InChI=1S/La.Mn.3O.Sr.2H. The molecular weight excluding hydrogens is 329 g/mol. The third kappa shape index (κ3) is 30.7. The van der Waals surface area contributed by atoms with Gasteiger partial charge >= 0.3 is 70.7 Å². The van der Waals surface area contributed by atoms with Crippen LogP contribution < -0.4 is 0 Å². The molecule has 0 N–H and O–H groups in total. The molecule has 0 saturated heterocycles. The normalized spacial score (nSPS) is 4.00. The third-order valence-corrected chi connectivity index (χ3v) is 0. The molecule has 6 heavy (non-hydrogen) atoms. The van der Waals surface area contributed by atoms with Crippen molar-refractivity contribution in [1.82, 2.24) is 0 Å². The van der Waals surface area contributed by atoms with E-state index < -0.39 is 13.7 Å². The van der Waals surface area contributed by atoms with Crippen molar-refractivity contribution in [3.05, 3.63) is 0 Å². The molecule has 1 radical (unpaired) electrons. The van der Waals surface area contributed by atoms with Crippen LogP contribution >= 0.6 is 0 Å². The zero-order valence-corrected chi connectivity index (χ0v) is 6.99. The van der Waals surface area contributed by atoms with E-state index in [1.807, 2.05) is 0 Å². The number of hydrogen-bond acceptors (Lipinski definition) is 3. The van der Waals surface area contributed by atoms with E-state index in [0.717, 1.165) is 0 Å². The fourth-order valence-corrected chi connectivity index (χ4v) is 0. The van der Waals surface area contributed by atoms with E-state index in [1.54, 1.807) is 0 Å². The van der Waals surface area contributed by atoms with Gasteiger partial charge in [0.15, 0.2) is 0 Å². The van der Waals surface area contributed by atoms with Crippen molar-refractivity contribution in [3.8, 4) is 0 Å². The first-order valence-corrected chi connectivity index (χ1v) is 1.91. The summed E-state index contributed by atoms with van der Waals surface area (Å²) < 4.78 is 25.6. The monoisotopic (exact) mass is 332 g/mol. The number of rotatable bonds is 0. The molecule has 3 nitrogen and oxygen atoms in total. The molecule has 0 rings (SSSR count). The predicted molar refractivity (Wildman–Crippen MR) is 10.6 cm³/mol. The molecular formula is H2LaMnO3Sr. The van der Waals surface area contributed by atoms with Crippen LogP contribution in [0.15, 0.2) is 0 Å². The second-order valence-corrected chi connectivity index (χ2v) is 0.779. The Labute approximate surface area is 104 Å². The van der Waals surface area contributed by atoms with Crippen LogP contribution in [0.4, 0.5) is 0 Å².